The van der Waals surface area contributed by atoms with Gasteiger partial charge in [-0.15, -0.1) is 0 Å². The van der Waals surface area contributed by atoms with Crippen molar-refractivity contribution in [2.24, 2.45) is 11.3 Å². The Morgan fingerprint density at radius 1 is 1.44 bits per heavy atom. The lowest BCUT2D eigenvalue weighted by atomic mass is 9.74. The molecular formula is C14H28N2O2. The van der Waals surface area contributed by atoms with Crippen molar-refractivity contribution < 1.29 is 9.53 Å². The van der Waals surface area contributed by atoms with E-state index in [1.54, 1.807) is 7.11 Å². The van der Waals surface area contributed by atoms with E-state index in [0.29, 0.717) is 19.1 Å². The number of rotatable bonds is 7. The lowest BCUT2D eigenvalue weighted by molar-refractivity contribution is -0.133. The molecule has 0 aromatic carbocycles. The molecule has 18 heavy (non-hydrogen) atoms. The minimum absolute atomic E-state index is 0.132. The Kier molecular flexibility index (Phi) is 6.65. The van der Waals surface area contributed by atoms with Crippen molar-refractivity contribution in [2.45, 2.75) is 39.5 Å². The molecule has 4 heteroatoms. The summed E-state index contributed by atoms with van der Waals surface area (Å²) in [6.07, 6.45) is 4.00. The summed E-state index contributed by atoms with van der Waals surface area (Å²) in [5.74, 6) is 0.619. The highest BCUT2D eigenvalue weighted by Crippen LogP contribution is 2.34. The van der Waals surface area contributed by atoms with E-state index in [1.165, 1.54) is 0 Å². The summed E-state index contributed by atoms with van der Waals surface area (Å²) in [6, 6.07) is 0. The highest BCUT2D eigenvalue weighted by atomic mass is 16.5. The fraction of sp³-hybridized carbons (Fsp3) is 0.929. The lowest BCUT2D eigenvalue weighted by Gasteiger charge is -2.36. The number of amides is 1. The highest BCUT2D eigenvalue weighted by molar-refractivity contribution is 5.82. The Morgan fingerprint density at radius 2 is 2.11 bits per heavy atom. The lowest BCUT2D eigenvalue weighted by Crippen LogP contribution is -2.48. The molecule has 4 nitrogen and oxygen atoms in total. The first kappa shape index (κ1) is 15.4. The quantitative estimate of drug-likeness (QED) is 0.727. The van der Waals surface area contributed by atoms with Crippen LogP contribution in [-0.4, -0.2) is 39.3 Å². The monoisotopic (exact) mass is 256 g/mol. The van der Waals surface area contributed by atoms with Crippen LogP contribution in [0.2, 0.25) is 0 Å². The van der Waals surface area contributed by atoms with Crippen molar-refractivity contribution in [3.63, 3.8) is 0 Å². The number of hydrogen-bond donors (Lipinski definition) is 2. The van der Waals surface area contributed by atoms with E-state index in [4.69, 9.17) is 4.74 Å². The second-order valence-corrected chi connectivity index (χ2v) is 5.55. The normalized spacial score (nSPS) is 20.4. The third-order valence-electron chi connectivity index (χ3n) is 3.83. The molecule has 1 atom stereocenters. The molecule has 2 N–H and O–H groups in total. The van der Waals surface area contributed by atoms with Crippen molar-refractivity contribution in [1.29, 1.82) is 0 Å². The molecule has 0 radical (unpaired) electrons. The molecule has 0 spiro atoms. The van der Waals surface area contributed by atoms with Gasteiger partial charge < -0.3 is 15.4 Å². The molecule has 1 fully saturated rings. The number of piperidine rings is 1. The van der Waals surface area contributed by atoms with Crippen LogP contribution in [-0.2, 0) is 9.53 Å². The first-order valence-corrected chi connectivity index (χ1v) is 7.12. The summed E-state index contributed by atoms with van der Waals surface area (Å²) < 4.78 is 5.09. The maximum absolute atomic E-state index is 12.4. The van der Waals surface area contributed by atoms with Gasteiger partial charge in [0.15, 0.2) is 0 Å². The summed E-state index contributed by atoms with van der Waals surface area (Å²) in [7, 11) is 1.70. The number of hydrogen-bond acceptors (Lipinski definition) is 3. The fourth-order valence-corrected chi connectivity index (χ4v) is 2.77. The number of nitrogens with one attached hydrogen (secondary N) is 2. The molecule has 1 aliphatic heterocycles. The average Bonchev–Trinajstić information content (AvgIpc) is 2.38. The Morgan fingerprint density at radius 3 is 2.67 bits per heavy atom. The fourth-order valence-electron chi connectivity index (χ4n) is 2.77. The number of methoxy groups -OCH3 is 1. The van der Waals surface area contributed by atoms with Gasteiger partial charge in [0.25, 0.3) is 0 Å². The van der Waals surface area contributed by atoms with Crippen molar-refractivity contribution >= 4 is 5.91 Å². The maximum atomic E-state index is 12.4. The van der Waals surface area contributed by atoms with E-state index in [-0.39, 0.29) is 11.3 Å². The zero-order chi connectivity index (χ0) is 13.4. The molecule has 0 aromatic heterocycles. The van der Waals surface area contributed by atoms with Crippen LogP contribution in [0.25, 0.3) is 0 Å². The van der Waals surface area contributed by atoms with E-state index in [1.807, 2.05) is 0 Å². The molecule has 1 saturated heterocycles. The Labute approximate surface area is 111 Å². The molecule has 1 rings (SSSR count). The molecule has 106 valence electrons. The first-order chi connectivity index (χ1) is 8.64. The second kappa shape index (κ2) is 7.74. The molecule has 1 aliphatic rings. The molecule has 0 bridgehead atoms. The molecule has 1 amide bonds. The Balaban J connectivity index is 2.49. The minimum Gasteiger partial charge on any atom is -0.384 e. The van der Waals surface area contributed by atoms with Crippen LogP contribution in [0.4, 0.5) is 0 Å². The van der Waals surface area contributed by atoms with Crippen molar-refractivity contribution in [1.82, 2.24) is 10.6 Å². The van der Waals surface area contributed by atoms with Gasteiger partial charge >= 0.3 is 0 Å². The van der Waals surface area contributed by atoms with Gasteiger partial charge in [-0.3, -0.25) is 4.79 Å². The van der Waals surface area contributed by atoms with Crippen LogP contribution in [0, 0.1) is 11.3 Å². The van der Waals surface area contributed by atoms with Crippen molar-refractivity contribution in [2.75, 3.05) is 33.4 Å². The highest BCUT2D eigenvalue weighted by Gasteiger charge is 2.38. The molecule has 0 aliphatic carbocycles. The molecule has 1 unspecified atom stereocenters. The third-order valence-corrected chi connectivity index (χ3v) is 3.83. The Bertz CT molecular complexity index is 245. The van der Waals surface area contributed by atoms with Gasteiger partial charge in [0.2, 0.25) is 5.91 Å². The van der Waals surface area contributed by atoms with E-state index < -0.39 is 0 Å². The summed E-state index contributed by atoms with van der Waals surface area (Å²) in [6.45, 7) is 7.58. The third kappa shape index (κ3) is 4.25. The minimum atomic E-state index is -0.132. The summed E-state index contributed by atoms with van der Waals surface area (Å²) in [4.78, 5) is 12.4. The van der Waals surface area contributed by atoms with Gasteiger partial charge in [0.05, 0.1) is 12.0 Å². The molecule has 1 heterocycles. The van der Waals surface area contributed by atoms with Crippen LogP contribution < -0.4 is 10.6 Å². The summed E-state index contributed by atoms with van der Waals surface area (Å²) >= 11 is 0. The molecule has 0 aromatic rings. The Hall–Kier alpha value is -0.610. The van der Waals surface area contributed by atoms with Gasteiger partial charge in [-0.25, -0.2) is 0 Å². The zero-order valence-electron chi connectivity index (χ0n) is 12.1. The SMILES string of the molecule is CCCC1(C(=O)NCC(C)COC)CCNCC1. The maximum Gasteiger partial charge on any atom is 0.226 e. The smallest absolute Gasteiger partial charge is 0.226 e. The topological polar surface area (TPSA) is 50.4 Å². The van der Waals surface area contributed by atoms with E-state index >= 15 is 0 Å². The van der Waals surface area contributed by atoms with Gasteiger partial charge in [-0.2, -0.15) is 0 Å². The summed E-state index contributed by atoms with van der Waals surface area (Å²) in [5.41, 5.74) is -0.132. The van der Waals surface area contributed by atoms with E-state index in [9.17, 15) is 4.79 Å². The van der Waals surface area contributed by atoms with Crippen molar-refractivity contribution in [3.05, 3.63) is 0 Å². The number of carbonyl (C=O) groups excluding carboxylic acids is 1. The predicted octanol–water partition coefficient (Wildman–Crippen LogP) is 1.55. The number of carbonyl (C=O) groups is 1. The zero-order valence-corrected chi connectivity index (χ0v) is 12.1. The van der Waals surface area contributed by atoms with Gasteiger partial charge in [-0.1, -0.05) is 20.3 Å². The van der Waals surface area contributed by atoms with Gasteiger partial charge in [-0.05, 0) is 38.3 Å². The van der Waals surface area contributed by atoms with E-state index in [2.05, 4.69) is 24.5 Å². The summed E-state index contributed by atoms with van der Waals surface area (Å²) in [5, 5.41) is 6.45. The second-order valence-electron chi connectivity index (χ2n) is 5.55. The van der Waals surface area contributed by atoms with Crippen LogP contribution in [0.3, 0.4) is 0 Å². The average molecular weight is 256 g/mol. The van der Waals surface area contributed by atoms with Crippen LogP contribution in [0.1, 0.15) is 39.5 Å². The molecule has 0 saturated carbocycles. The van der Waals surface area contributed by atoms with Gasteiger partial charge in [0, 0.05) is 13.7 Å². The standard InChI is InChI=1S/C14H28N2O2/c1-4-5-14(6-8-15-9-7-14)13(17)16-10-12(2)11-18-3/h12,15H,4-11H2,1-3H3,(H,16,17). The van der Waals surface area contributed by atoms with Crippen molar-refractivity contribution in [3.8, 4) is 0 Å². The van der Waals surface area contributed by atoms with Gasteiger partial charge in [0.1, 0.15) is 0 Å². The van der Waals surface area contributed by atoms with Crippen LogP contribution in [0.5, 0.6) is 0 Å². The largest absolute Gasteiger partial charge is 0.384 e. The van der Waals surface area contributed by atoms with Crippen LogP contribution in [0.15, 0.2) is 0 Å². The molecular weight excluding hydrogens is 228 g/mol. The van der Waals surface area contributed by atoms with E-state index in [0.717, 1.165) is 38.8 Å². The first-order valence-electron chi connectivity index (χ1n) is 7.12. The predicted molar refractivity (Wildman–Crippen MR) is 73.5 cm³/mol. The number of ether oxygens (including phenoxy) is 1. The van der Waals surface area contributed by atoms with Crippen LogP contribution >= 0.6 is 0 Å².